The van der Waals surface area contributed by atoms with Gasteiger partial charge in [0.25, 0.3) is 0 Å². The first-order valence-electron chi connectivity index (χ1n) is 5.00. The van der Waals surface area contributed by atoms with Crippen LogP contribution in [0.4, 0.5) is 0 Å². The van der Waals surface area contributed by atoms with E-state index in [1.165, 1.54) is 31.3 Å². The summed E-state index contributed by atoms with van der Waals surface area (Å²) in [5, 5.41) is 0. The number of rotatable bonds is 3. The molecule has 1 aliphatic carbocycles. The zero-order valence-electron chi connectivity index (χ0n) is 8.15. The van der Waals surface area contributed by atoms with Gasteiger partial charge < -0.3 is 0 Å². The van der Waals surface area contributed by atoms with E-state index >= 15 is 0 Å². The Bertz CT molecular complexity index is 152. The second-order valence-corrected chi connectivity index (χ2v) is 4.34. The highest BCUT2D eigenvalue weighted by atomic mass is 35.5. The van der Waals surface area contributed by atoms with Crippen LogP contribution in [0.1, 0.15) is 39.5 Å². The topological polar surface area (TPSA) is 0 Å². The zero-order chi connectivity index (χ0) is 8.97. The van der Waals surface area contributed by atoms with Crippen LogP contribution in [0, 0.1) is 11.8 Å². The molecule has 0 aliphatic heterocycles. The number of allylic oxidation sites excluding steroid dienone is 2. The van der Waals surface area contributed by atoms with Crippen LogP contribution < -0.4 is 0 Å². The molecule has 1 heteroatoms. The molecule has 0 saturated heterocycles. The maximum Gasteiger partial charge on any atom is 0.0436 e. The highest BCUT2D eigenvalue weighted by molar-refractivity contribution is 6.19. The molecule has 1 rings (SSSR count). The minimum atomic E-state index is 0.628. The van der Waals surface area contributed by atoms with Gasteiger partial charge in [-0.1, -0.05) is 38.3 Å². The lowest BCUT2D eigenvalue weighted by Gasteiger charge is -2.10. The summed E-state index contributed by atoms with van der Waals surface area (Å²) < 4.78 is 0. The maximum absolute atomic E-state index is 5.87. The molecule has 0 aromatic heterocycles. The largest absolute Gasteiger partial charge is 0.122 e. The van der Waals surface area contributed by atoms with Crippen LogP contribution in [0.2, 0.25) is 0 Å². The monoisotopic (exact) mass is 186 g/mol. The Morgan fingerprint density at radius 3 is 2.42 bits per heavy atom. The second-order valence-electron chi connectivity index (χ2n) is 4.07. The Balaban J connectivity index is 2.50. The van der Waals surface area contributed by atoms with E-state index in [-0.39, 0.29) is 0 Å². The van der Waals surface area contributed by atoms with Crippen molar-refractivity contribution in [3.05, 3.63) is 11.6 Å². The van der Waals surface area contributed by atoms with Gasteiger partial charge in [-0.05, 0) is 24.7 Å². The van der Waals surface area contributed by atoms with Gasteiger partial charge in [-0.15, -0.1) is 11.6 Å². The quantitative estimate of drug-likeness (QED) is 0.462. The lowest BCUT2D eigenvalue weighted by molar-refractivity contribution is 0.659. The van der Waals surface area contributed by atoms with Gasteiger partial charge >= 0.3 is 0 Å². The van der Waals surface area contributed by atoms with E-state index in [2.05, 4.69) is 19.9 Å². The smallest absolute Gasteiger partial charge is 0.0436 e. The third-order valence-electron chi connectivity index (χ3n) is 2.75. The van der Waals surface area contributed by atoms with Crippen molar-refractivity contribution in [2.45, 2.75) is 39.5 Å². The molecule has 1 saturated carbocycles. The molecule has 0 nitrogen and oxygen atoms in total. The lowest BCUT2D eigenvalue weighted by Crippen LogP contribution is -1.99. The highest BCUT2D eigenvalue weighted by Gasteiger charge is 2.13. The van der Waals surface area contributed by atoms with Crippen molar-refractivity contribution in [2.75, 3.05) is 5.88 Å². The summed E-state index contributed by atoms with van der Waals surface area (Å²) in [5.74, 6) is 2.18. The van der Waals surface area contributed by atoms with Gasteiger partial charge in [0, 0.05) is 5.88 Å². The Labute approximate surface area is 81.0 Å². The van der Waals surface area contributed by atoms with Crippen molar-refractivity contribution in [1.82, 2.24) is 0 Å². The van der Waals surface area contributed by atoms with E-state index in [9.17, 15) is 0 Å². The first-order chi connectivity index (χ1) is 5.74. The van der Waals surface area contributed by atoms with Crippen LogP contribution in [-0.4, -0.2) is 5.88 Å². The minimum absolute atomic E-state index is 0.628. The summed E-state index contributed by atoms with van der Waals surface area (Å²) >= 11 is 5.87. The number of hydrogen-bond donors (Lipinski definition) is 0. The molecule has 12 heavy (non-hydrogen) atoms. The standard InChI is InChI=1S/C11H19Cl/c1-9(2)11(8-12)7-10-5-3-4-6-10/h7,9-10H,3-6,8H2,1-2H3. The molecule has 0 bridgehead atoms. The molecule has 0 amide bonds. The Kier molecular flexibility index (Phi) is 4.14. The van der Waals surface area contributed by atoms with E-state index in [4.69, 9.17) is 11.6 Å². The predicted octanol–water partition coefficient (Wildman–Crippen LogP) is 4.00. The lowest BCUT2D eigenvalue weighted by atomic mass is 9.98. The number of halogens is 1. The molecular weight excluding hydrogens is 168 g/mol. The van der Waals surface area contributed by atoms with E-state index in [0.717, 1.165) is 5.92 Å². The molecule has 1 fully saturated rings. The molecule has 0 atom stereocenters. The average Bonchev–Trinajstić information content (AvgIpc) is 2.51. The fraction of sp³-hybridized carbons (Fsp3) is 0.818. The van der Waals surface area contributed by atoms with Crippen LogP contribution in [0.25, 0.3) is 0 Å². The molecule has 1 aliphatic rings. The normalized spacial score (nSPS) is 20.8. The summed E-state index contributed by atoms with van der Waals surface area (Å²) in [4.78, 5) is 0. The molecule has 0 aromatic carbocycles. The zero-order valence-corrected chi connectivity index (χ0v) is 8.90. The van der Waals surface area contributed by atoms with Gasteiger partial charge in [0.2, 0.25) is 0 Å². The predicted molar refractivity (Wildman–Crippen MR) is 55.6 cm³/mol. The SMILES string of the molecule is CC(C)C(=CC1CCCC1)CCl. The summed E-state index contributed by atoms with van der Waals surface area (Å²) in [6.07, 6.45) is 8.01. The van der Waals surface area contributed by atoms with Gasteiger partial charge in [-0.2, -0.15) is 0 Å². The molecule has 70 valence electrons. The van der Waals surface area contributed by atoms with Gasteiger partial charge in [0.1, 0.15) is 0 Å². The van der Waals surface area contributed by atoms with Gasteiger partial charge in [-0.3, -0.25) is 0 Å². The van der Waals surface area contributed by atoms with Crippen molar-refractivity contribution in [3.8, 4) is 0 Å². The average molecular weight is 187 g/mol. The third-order valence-corrected chi connectivity index (χ3v) is 3.05. The van der Waals surface area contributed by atoms with Crippen LogP contribution in [0.5, 0.6) is 0 Å². The fourth-order valence-electron chi connectivity index (χ4n) is 1.82. The summed E-state index contributed by atoms with van der Waals surface area (Å²) in [6.45, 7) is 4.45. The van der Waals surface area contributed by atoms with Crippen molar-refractivity contribution in [2.24, 2.45) is 11.8 Å². The van der Waals surface area contributed by atoms with Crippen LogP contribution in [0.3, 0.4) is 0 Å². The van der Waals surface area contributed by atoms with Crippen LogP contribution in [0.15, 0.2) is 11.6 Å². The highest BCUT2D eigenvalue weighted by Crippen LogP contribution is 2.28. The van der Waals surface area contributed by atoms with Gasteiger partial charge in [0.05, 0.1) is 0 Å². The molecule has 0 radical (unpaired) electrons. The molecule has 0 aromatic rings. The first-order valence-corrected chi connectivity index (χ1v) is 5.54. The summed E-state index contributed by atoms with van der Waals surface area (Å²) in [7, 11) is 0. The van der Waals surface area contributed by atoms with Crippen molar-refractivity contribution >= 4 is 11.6 Å². The Morgan fingerprint density at radius 2 is 2.00 bits per heavy atom. The molecule has 0 spiro atoms. The van der Waals surface area contributed by atoms with Gasteiger partial charge in [0.15, 0.2) is 0 Å². The first kappa shape index (κ1) is 10.1. The van der Waals surface area contributed by atoms with Crippen LogP contribution >= 0.6 is 11.6 Å². The Morgan fingerprint density at radius 1 is 1.42 bits per heavy atom. The van der Waals surface area contributed by atoms with Crippen molar-refractivity contribution in [3.63, 3.8) is 0 Å². The molecular formula is C11H19Cl. The number of hydrogen-bond acceptors (Lipinski definition) is 0. The van der Waals surface area contributed by atoms with Gasteiger partial charge in [-0.25, -0.2) is 0 Å². The van der Waals surface area contributed by atoms with E-state index in [0.29, 0.717) is 11.8 Å². The molecule has 0 heterocycles. The minimum Gasteiger partial charge on any atom is -0.122 e. The number of alkyl halides is 1. The van der Waals surface area contributed by atoms with E-state index < -0.39 is 0 Å². The second kappa shape index (κ2) is 4.91. The molecule has 0 unspecified atom stereocenters. The Hall–Kier alpha value is 0.0300. The third kappa shape index (κ3) is 2.82. The van der Waals surface area contributed by atoms with E-state index in [1.807, 2.05) is 0 Å². The van der Waals surface area contributed by atoms with E-state index in [1.54, 1.807) is 0 Å². The summed E-state index contributed by atoms with van der Waals surface area (Å²) in [6, 6.07) is 0. The van der Waals surface area contributed by atoms with Crippen molar-refractivity contribution < 1.29 is 0 Å². The molecule has 0 N–H and O–H groups in total. The fourth-order valence-corrected chi connectivity index (χ4v) is 2.22. The van der Waals surface area contributed by atoms with Crippen molar-refractivity contribution in [1.29, 1.82) is 0 Å². The maximum atomic E-state index is 5.87. The summed E-state index contributed by atoms with van der Waals surface area (Å²) in [5.41, 5.74) is 1.43. The van der Waals surface area contributed by atoms with Crippen LogP contribution in [-0.2, 0) is 0 Å².